The van der Waals surface area contributed by atoms with Crippen LogP contribution in [-0.4, -0.2) is 19.2 Å². The van der Waals surface area contributed by atoms with E-state index in [-0.39, 0.29) is 18.3 Å². The minimum absolute atomic E-state index is 0.0373. The largest absolute Gasteiger partial charge is 0.449 e. The molecule has 3 aromatic rings. The van der Waals surface area contributed by atoms with Gasteiger partial charge >= 0.3 is 6.09 Å². The van der Waals surface area contributed by atoms with Crippen molar-refractivity contribution in [3.8, 4) is 23.0 Å². The third kappa shape index (κ3) is 4.39. The zero-order valence-electron chi connectivity index (χ0n) is 16.1. The number of benzene rings is 3. The number of ether oxygens (including phenoxy) is 1. The van der Waals surface area contributed by atoms with Crippen molar-refractivity contribution in [2.24, 2.45) is 0 Å². The number of nitrogens with one attached hydrogen (secondary N) is 1. The average molecular weight is 464 g/mol. The third-order valence-electron chi connectivity index (χ3n) is 5.02. The number of hydrogen-bond donors (Lipinski definition) is 1. The molecule has 0 unspecified atom stereocenters. The second-order valence-electron chi connectivity index (χ2n) is 6.93. The zero-order chi connectivity index (χ0) is 20.9. The molecule has 4 rings (SSSR count). The Balaban J connectivity index is 1.29. The van der Waals surface area contributed by atoms with Crippen LogP contribution >= 0.6 is 15.9 Å². The molecule has 150 valence electrons. The molecular formula is C25H19BrFNO2. The topological polar surface area (TPSA) is 38.3 Å². The van der Waals surface area contributed by atoms with E-state index in [4.69, 9.17) is 4.74 Å². The summed E-state index contributed by atoms with van der Waals surface area (Å²) >= 11 is 3.11. The van der Waals surface area contributed by atoms with Crippen LogP contribution < -0.4 is 5.32 Å². The molecule has 1 amide bonds. The Bertz CT molecular complexity index is 1100. The van der Waals surface area contributed by atoms with E-state index in [0.29, 0.717) is 23.0 Å². The maximum absolute atomic E-state index is 13.5. The molecule has 0 radical (unpaired) electrons. The van der Waals surface area contributed by atoms with E-state index in [1.165, 1.54) is 28.3 Å². The SMILES string of the molecule is O=C(NCCC#Cc1ccc(Br)c(F)c1)OCC1c2ccccc2-c2ccccc21. The summed E-state index contributed by atoms with van der Waals surface area (Å²) in [5.74, 6) is 5.50. The van der Waals surface area contributed by atoms with E-state index in [9.17, 15) is 9.18 Å². The van der Waals surface area contributed by atoms with Crippen molar-refractivity contribution < 1.29 is 13.9 Å². The highest BCUT2D eigenvalue weighted by Crippen LogP contribution is 2.44. The number of carbonyl (C=O) groups is 1. The summed E-state index contributed by atoms with van der Waals surface area (Å²) in [6, 6.07) is 21.2. The fourth-order valence-corrected chi connectivity index (χ4v) is 3.86. The molecule has 30 heavy (non-hydrogen) atoms. The van der Waals surface area contributed by atoms with Crippen LogP contribution in [0.1, 0.15) is 29.0 Å². The zero-order valence-corrected chi connectivity index (χ0v) is 17.7. The quantitative estimate of drug-likeness (QED) is 0.388. The van der Waals surface area contributed by atoms with Crippen molar-refractivity contribution in [3.05, 3.63) is 93.7 Å². The summed E-state index contributed by atoms with van der Waals surface area (Å²) in [7, 11) is 0. The average Bonchev–Trinajstić information content (AvgIpc) is 3.08. The van der Waals surface area contributed by atoms with Gasteiger partial charge in [0.15, 0.2) is 0 Å². The van der Waals surface area contributed by atoms with E-state index in [1.54, 1.807) is 12.1 Å². The summed E-state index contributed by atoms with van der Waals surface area (Å²) in [6.07, 6.45) is -0.0182. The molecule has 1 aliphatic rings. The van der Waals surface area contributed by atoms with Crippen molar-refractivity contribution in [1.82, 2.24) is 5.32 Å². The van der Waals surface area contributed by atoms with Crippen LogP contribution in [-0.2, 0) is 4.74 Å². The van der Waals surface area contributed by atoms with Crippen molar-refractivity contribution in [1.29, 1.82) is 0 Å². The van der Waals surface area contributed by atoms with Gasteiger partial charge in [0.1, 0.15) is 12.4 Å². The van der Waals surface area contributed by atoms with Gasteiger partial charge in [-0.05, 0) is 56.4 Å². The normalized spacial score (nSPS) is 11.8. The molecule has 0 bridgehead atoms. The highest BCUT2D eigenvalue weighted by Gasteiger charge is 2.28. The Labute approximate surface area is 183 Å². The molecule has 1 aliphatic carbocycles. The van der Waals surface area contributed by atoms with E-state index in [1.807, 2.05) is 24.3 Å². The molecule has 0 aromatic heterocycles. The summed E-state index contributed by atoms with van der Waals surface area (Å²) in [5, 5.41) is 2.72. The highest BCUT2D eigenvalue weighted by atomic mass is 79.9. The standard InChI is InChI=1S/C25H19BrFNO2/c26-23-13-12-17(15-24(23)27)7-5-6-14-28-25(29)30-16-22-20-10-3-1-8-18(20)19-9-2-4-11-21(19)22/h1-4,8-13,15,22H,6,14,16H2,(H,28,29). The van der Waals surface area contributed by atoms with Crippen LogP contribution in [0.4, 0.5) is 9.18 Å². The van der Waals surface area contributed by atoms with Crippen LogP contribution in [0.25, 0.3) is 11.1 Å². The lowest BCUT2D eigenvalue weighted by Gasteiger charge is -2.14. The Morgan fingerprint density at radius 2 is 1.70 bits per heavy atom. The molecule has 5 heteroatoms. The second kappa shape index (κ2) is 9.15. The number of fused-ring (bicyclic) bond motifs is 3. The molecular weight excluding hydrogens is 445 g/mol. The van der Waals surface area contributed by atoms with Gasteiger partial charge in [0.25, 0.3) is 0 Å². The Hall–Kier alpha value is -3.10. The first-order valence-electron chi connectivity index (χ1n) is 9.66. The first-order chi connectivity index (χ1) is 14.6. The number of rotatable bonds is 4. The minimum Gasteiger partial charge on any atom is -0.449 e. The Morgan fingerprint density at radius 3 is 2.37 bits per heavy atom. The molecule has 1 N–H and O–H groups in total. The molecule has 3 aromatic carbocycles. The molecule has 0 atom stereocenters. The summed E-state index contributed by atoms with van der Waals surface area (Å²) in [6.45, 7) is 0.645. The van der Waals surface area contributed by atoms with Crippen molar-refractivity contribution in [2.75, 3.05) is 13.2 Å². The number of carbonyl (C=O) groups excluding carboxylic acids is 1. The Kier molecular flexibility index (Phi) is 6.15. The van der Waals surface area contributed by atoms with Crippen LogP contribution in [0.5, 0.6) is 0 Å². The Morgan fingerprint density at radius 1 is 1.03 bits per heavy atom. The van der Waals surface area contributed by atoms with Gasteiger partial charge in [-0.15, -0.1) is 0 Å². The van der Waals surface area contributed by atoms with Gasteiger partial charge in [0.05, 0.1) is 4.47 Å². The lowest BCUT2D eigenvalue weighted by Crippen LogP contribution is -2.26. The minimum atomic E-state index is -0.464. The number of amides is 1. The lowest BCUT2D eigenvalue weighted by molar-refractivity contribution is 0.143. The second-order valence-corrected chi connectivity index (χ2v) is 7.79. The number of hydrogen-bond acceptors (Lipinski definition) is 2. The van der Waals surface area contributed by atoms with E-state index in [2.05, 4.69) is 57.4 Å². The van der Waals surface area contributed by atoms with Gasteiger partial charge in [0, 0.05) is 24.4 Å². The van der Waals surface area contributed by atoms with Gasteiger partial charge in [-0.1, -0.05) is 60.4 Å². The van der Waals surface area contributed by atoms with Crippen LogP contribution in [0.2, 0.25) is 0 Å². The summed E-state index contributed by atoms with van der Waals surface area (Å²) in [4.78, 5) is 12.1. The number of alkyl carbamates (subject to hydrolysis) is 1. The molecule has 0 saturated heterocycles. The summed E-state index contributed by atoms with van der Waals surface area (Å²) < 4.78 is 19.4. The molecule has 0 aliphatic heterocycles. The molecule has 0 fully saturated rings. The van der Waals surface area contributed by atoms with Gasteiger partial charge in [-0.25, -0.2) is 9.18 Å². The maximum Gasteiger partial charge on any atom is 0.407 e. The molecule has 0 saturated carbocycles. The van der Waals surface area contributed by atoms with Gasteiger partial charge < -0.3 is 10.1 Å². The van der Waals surface area contributed by atoms with Crippen LogP contribution in [0.3, 0.4) is 0 Å². The lowest BCUT2D eigenvalue weighted by atomic mass is 9.98. The number of halogens is 2. The highest BCUT2D eigenvalue weighted by molar-refractivity contribution is 9.10. The molecule has 0 heterocycles. The smallest absolute Gasteiger partial charge is 0.407 e. The third-order valence-corrected chi connectivity index (χ3v) is 5.66. The van der Waals surface area contributed by atoms with Gasteiger partial charge in [0.2, 0.25) is 0 Å². The first kappa shape index (κ1) is 20.2. The van der Waals surface area contributed by atoms with Crippen molar-refractivity contribution in [3.63, 3.8) is 0 Å². The first-order valence-corrected chi connectivity index (χ1v) is 10.5. The van der Waals surface area contributed by atoms with Crippen molar-refractivity contribution >= 4 is 22.0 Å². The predicted octanol–water partition coefficient (Wildman–Crippen LogP) is 5.87. The fourth-order valence-electron chi connectivity index (χ4n) is 3.61. The van der Waals surface area contributed by atoms with Crippen LogP contribution in [0, 0.1) is 17.7 Å². The van der Waals surface area contributed by atoms with E-state index < -0.39 is 6.09 Å². The van der Waals surface area contributed by atoms with Gasteiger partial charge in [-0.3, -0.25) is 0 Å². The van der Waals surface area contributed by atoms with E-state index >= 15 is 0 Å². The fraction of sp³-hybridized carbons (Fsp3) is 0.160. The predicted molar refractivity (Wildman–Crippen MR) is 119 cm³/mol. The molecule has 3 nitrogen and oxygen atoms in total. The van der Waals surface area contributed by atoms with Crippen LogP contribution in [0.15, 0.2) is 71.2 Å². The van der Waals surface area contributed by atoms with Gasteiger partial charge in [-0.2, -0.15) is 0 Å². The summed E-state index contributed by atoms with van der Waals surface area (Å²) in [5.41, 5.74) is 5.35. The van der Waals surface area contributed by atoms with Crippen molar-refractivity contribution in [2.45, 2.75) is 12.3 Å². The molecule has 0 spiro atoms. The van der Waals surface area contributed by atoms with E-state index in [0.717, 1.165) is 0 Å². The maximum atomic E-state index is 13.5. The monoisotopic (exact) mass is 463 g/mol.